The van der Waals surface area contributed by atoms with Gasteiger partial charge in [0.05, 0.1) is 21.3 Å². The second-order valence-electron chi connectivity index (χ2n) is 10.9. The van der Waals surface area contributed by atoms with Crippen LogP contribution in [-0.2, 0) is 13.1 Å². The van der Waals surface area contributed by atoms with Crippen molar-refractivity contribution in [2.75, 3.05) is 52.8 Å². The molecule has 5 aromatic rings. The number of piperazine rings is 1. The van der Waals surface area contributed by atoms with Crippen molar-refractivity contribution in [1.29, 1.82) is 0 Å². The maximum atomic E-state index is 12.9. The van der Waals surface area contributed by atoms with Gasteiger partial charge in [-0.3, -0.25) is 20.1 Å². The molecule has 1 fully saturated rings. The van der Waals surface area contributed by atoms with Gasteiger partial charge in [-0.15, -0.1) is 0 Å². The molecule has 3 aromatic carbocycles. The highest BCUT2D eigenvalue weighted by Gasteiger charge is 2.18. The van der Waals surface area contributed by atoms with Crippen LogP contribution in [0.2, 0.25) is 0 Å². The van der Waals surface area contributed by atoms with Crippen LogP contribution in [0.4, 0.5) is 10.6 Å². The predicted molar refractivity (Wildman–Crippen MR) is 176 cm³/mol. The summed E-state index contributed by atoms with van der Waals surface area (Å²) in [5.41, 5.74) is 5.01. The van der Waals surface area contributed by atoms with Crippen LogP contribution >= 0.6 is 0 Å². The first-order valence-corrected chi connectivity index (χ1v) is 15.0. The molecule has 2 aromatic heterocycles. The van der Waals surface area contributed by atoms with Gasteiger partial charge in [0.25, 0.3) is 0 Å². The van der Waals surface area contributed by atoms with Crippen molar-refractivity contribution in [3.8, 4) is 34.1 Å². The van der Waals surface area contributed by atoms with E-state index in [1.54, 1.807) is 58.1 Å². The number of nitrogens with one attached hydrogen (secondary N) is 1. The Morgan fingerprint density at radius 3 is 1.91 bits per heavy atom. The third kappa shape index (κ3) is 7.33. The summed E-state index contributed by atoms with van der Waals surface area (Å²) in [6.45, 7) is 5.68. The van der Waals surface area contributed by atoms with Gasteiger partial charge in [-0.05, 0) is 59.2 Å². The average molecular weight is 621 g/mol. The number of rotatable bonds is 10. The summed E-state index contributed by atoms with van der Waals surface area (Å²) in [6, 6.07) is 21.1. The van der Waals surface area contributed by atoms with E-state index in [1.807, 2.05) is 36.4 Å². The van der Waals surface area contributed by atoms with E-state index in [2.05, 4.69) is 42.2 Å². The lowest BCUT2D eigenvalue weighted by molar-refractivity contribution is 0.122. The summed E-state index contributed by atoms with van der Waals surface area (Å²) < 4.78 is 21.8. The summed E-state index contributed by atoms with van der Waals surface area (Å²) in [5.74, 6) is 2.85. The lowest BCUT2D eigenvalue weighted by atomic mass is 10.0. The number of carbonyl (C=O) groups is 1. The van der Waals surface area contributed by atoms with E-state index in [9.17, 15) is 4.79 Å². The molecule has 0 unspecified atom stereocenters. The van der Waals surface area contributed by atoms with Gasteiger partial charge in [0.2, 0.25) is 0 Å². The van der Waals surface area contributed by atoms with Gasteiger partial charge in [0.15, 0.2) is 5.75 Å². The van der Waals surface area contributed by atoms with Crippen molar-refractivity contribution < 1.29 is 23.7 Å². The van der Waals surface area contributed by atoms with E-state index < -0.39 is 6.09 Å². The monoisotopic (exact) mass is 620 g/mol. The number of aromatic nitrogens is 3. The number of nitrogens with zero attached hydrogens (tertiary/aromatic N) is 5. The first kappa shape index (κ1) is 30.8. The molecule has 1 N–H and O–H groups in total. The van der Waals surface area contributed by atoms with Gasteiger partial charge in [-0.2, -0.15) is 0 Å². The van der Waals surface area contributed by atoms with E-state index in [0.29, 0.717) is 28.4 Å². The molecule has 1 amide bonds. The van der Waals surface area contributed by atoms with Crippen LogP contribution in [0.3, 0.4) is 0 Å². The van der Waals surface area contributed by atoms with Crippen LogP contribution in [-0.4, -0.2) is 78.4 Å². The van der Waals surface area contributed by atoms with Crippen LogP contribution in [0.25, 0.3) is 22.2 Å². The second-order valence-corrected chi connectivity index (χ2v) is 10.9. The zero-order chi connectivity index (χ0) is 31.9. The van der Waals surface area contributed by atoms with E-state index in [-0.39, 0.29) is 5.75 Å². The van der Waals surface area contributed by atoms with Crippen molar-refractivity contribution in [1.82, 2.24) is 24.8 Å². The number of hydrogen-bond donors (Lipinski definition) is 1. The third-order valence-electron chi connectivity index (χ3n) is 7.94. The number of pyridine rings is 1. The zero-order valence-corrected chi connectivity index (χ0v) is 26.1. The summed E-state index contributed by atoms with van der Waals surface area (Å²) in [5, 5.41) is 2.72. The molecule has 0 radical (unpaired) electrons. The van der Waals surface area contributed by atoms with Gasteiger partial charge < -0.3 is 18.9 Å². The maximum Gasteiger partial charge on any atom is 0.418 e. The molecular weight excluding hydrogens is 584 g/mol. The molecule has 236 valence electrons. The van der Waals surface area contributed by atoms with Crippen LogP contribution in [0, 0.1) is 0 Å². The molecule has 11 nitrogen and oxygen atoms in total. The normalized spacial score (nSPS) is 13.7. The summed E-state index contributed by atoms with van der Waals surface area (Å²) >= 11 is 0. The zero-order valence-electron chi connectivity index (χ0n) is 26.1. The predicted octanol–water partition coefficient (Wildman–Crippen LogP) is 5.65. The third-order valence-corrected chi connectivity index (χ3v) is 7.94. The smallest absolute Gasteiger partial charge is 0.418 e. The lowest BCUT2D eigenvalue weighted by Gasteiger charge is -2.34. The minimum Gasteiger partial charge on any atom is -0.497 e. The van der Waals surface area contributed by atoms with Gasteiger partial charge in [0, 0.05) is 69.5 Å². The van der Waals surface area contributed by atoms with Gasteiger partial charge in [-0.25, -0.2) is 14.8 Å². The fraction of sp³-hybridized carbons (Fsp3) is 0.257. The van der Waals surface area contributed by atoms with E-state index in [4.69, 9.17) is 18.9 Å². The minimum atomic E-state index is -0.670. The van der Waals surface area contributed by atoms with Gasteiger partial charge in [0.1, 0.15) is 34.1 Å². The standard InChI is InChI=1S/C35H36N6O5/c1-43-27-7-4-24(5-8-27)22-40-14-16-41(17-15-40)23-25-6-11-32(38-21-25)39-35(42)46-31-10-9-30(33-34(31)37-13-12-36-33)26-18-28(44-2)20-29(19-26)45-3/h4-13,18-21H,14-17,22-23H2,1-3H3,(H,38,39,42). The molecule has 0 saturated carbocycles. The topological polar surface area (TPSA) is 111 Å². The second kappa shape index (κ2) is 14.2. The number of hydrogen-bond acceptors (Lipinski definition) is 10. The Labute approximate surface area is 267 Å². The largest absolute Gasteiger partial charge is 0.497 e. The number of carbonyl (C=O) groups excluding carboxylic acids is 1. The average Bonchev–Trinajstić information content (AvgIpc) is 3.10. The Bertz CT molecular complexity index is 1770. The number of methoxy groups -OCH3 is 3. The van der Waals surface area contributed by atoms with Crippen molar-refractivity contribution in [2.24, 2.45) is 0 Å². The number of ether oxygens (including phenoxy) is 4. The lowest BCUT2D eigenvalue weighted by Crippen LogP contribution is -2.45. The van der Waals surface area contributed by atoms with Gasteiger partial charge >= 0.3 is 6.09 Å². The molecule has 1 aliphatic rings. The van der Waals surface area contributed by atoms with E-state index in [1.165, 1.54) is 5.56 Å². The van der Waals surface area contributed by atoms with Crippen LogP contribution in [0.5, 0.6) is 23.0 Å². The van der Waals surface area contributed by atoms with E-state index >= 15 is 0 Å². The number of anilines is 1. The highest BCUT2D eigenvalue weighted by molar-refractivity contribution is 5.97. The fourth-order valence-electron chi connectivity index (χ4n) is 5.49. The Hall–Kier alpha value is -5.26. The first-order valence-electron chi connectivity index (χ1n) is 15.0. The molecule has 0 atom stereocenters. The van der Waals surface area contributed by atoms with Crippen molar-refractivity contribution >= 4 is 22.9 Å². The molecule has 3 heterocycles. The molecule has 0 bridgehead atoms. The molecule has 6 rings (SSSR count). The number of benzene rings is 3. The Morgan fingerprint density at radius 1 is 0.696 bits per heavy atom. The fourth-order valence-corrected chi connectivity index (χ4v) is 5.49. The summed E-state index contributed by atoms with van der Waals surface area (Å²) in [4.78, 5) is 31.2. The Balaban J connectivity index is 1.04. The molecule has 0 spiro atoms. The summed E-state index contributed by atoms with van der Waals surface area (Å²) in [7, 11) is 4.88. The number of fused-ring (bicyclic) bond motifs is 1. The molecule has 46 heavy (non-hydrogen) atoms. The van der Waals surface area contributed by atoms with Crippen LogP contribution in [0.1, 0.15) is 11.1 Å². The maximum absolute atomic E-state index is 12.9. The van der Waals surface area contributed by atoms with E-state index in [0.717, 1.165) is 61.7 Å². The highest BCUT2D eigenvalue weighted by Crippen LogP contribution is 2.36. The Morgan fingerprint density at radius 2 is 1.30 bits per heavy atom. The van der Waals surface area contributed by atoms with Crippen molar-refractivity contribution in [3.05, 3.63) is 96.4 Å². The minimum absolute atomic E-state index is 0.280. The Kier molecular flexibility index (Phi) is 9.51. The molecule has 1 aliphatic heterocycles. The molecular formula is C35H36N6O5. The first-order chi connectivity index (χ1) is 22.5. The summed E-state index contributed by atoms with van der Waals surface area (Å²) in [6.07, 6.45) is 4.28. The quantitative estimate of drug-likeness (QED) is 0.210. The van der Waals surface area contributed by atoms with Crippen LogP contribution < -0.4 is 24.3 Å². The van der Waals surface area contributed by atoms with Crippen LogP contribution in [0.15, 0.2) is 85.3 Å². The molecule has 1 saturated heterocycles. The highest BCUT2D eigenvalue weighted by atomic mass is 16.6. The number of amides is 1. The molecule has 11 heteroatoms. The molecule has 0 aliphatic carbocycles. The SMILES string of the molecule is COc1ccc(CN2CCN(Cc3ccc(NC(=O)Oc4ccc(-c5cc(OC)cc(OC)c5)c5nccnc45)nc3)CC2)cc1. The van der Waals surface area contributed by atoms with Crippen molar-refractivity contribution in [2.45, 2.75) is 13.1 Å². The van der Waals surface area contributed by atoms with Crippen molar-refractivity contribution in [3.63, 3.8) is 0 Å². The van der Waals surface area contributed by atoms with Gasteiger partial charge in [-0.1, -0.05) is 18.2 Å².